The molecule has 0 aromatic carbocycles. The number of rotatable bonds is 19. The van der Waals surface area contributed by atoms with Crippen LogP contribution >= 0.6 is 0 Å². The first kappa shape index (κ1) is 25.2. The zero-order valence-electron chi connectivity index (χ0n) is 15.5. The summed E-state index contributed by atoms with van der Waals surface area (Å²) in [4.78, 5) is 37.3. The number of carboxylic acid groups (broad SMARTS) is 1. The molecule has 0 saturated heterocycles. The molecule has 0 spiro atoms. The third-order valence-electron chi connectivity index (χ3n) is 2.69. The molecule has 0 unspecified atom stereocenters. The first-order valence-electron chi connectivity index (χ1n) is 8.41. The number of hydrogen-bond acceptors (Lipinski definition) is 9. The van der Waals surface area contributed by atoms with E-state index < -0.39 is 18.5 Å². The van der Waals surface area contributed by atoms with E-state index >= 15 is 0 Å². The Labute approximate surface area is 157 Å². The number of hydroxylamine groups is 1. The fourth-order valence-electron chi connectivity index (χ4n) is 1.54. The predicted octanol–water partition coefficient (Wildman–Crippen LogP) is -2.48. The molecule has 12 nitrogen and oxygen atoms in total. The topological polar surface area (TPSA) is 154 Å². The summed E-state index contributed by atoms with van der Waals surface area (Å²) < 4.78 is 20.4. The maximum absolute atomic E-state index is 11.2. The summed E-state index contributed by atoms with van der Waals surface area (Å²) in [6.45, 7) is 2.06. The van der Waals surface area contributed by atoms with E-state index in [1.54, 1.807) is 7.05 Å². The zero-order valence-corrected chi connectivity index (χ0v) is 15.5. The summed E-state index contributed by atoms with van der Waals surface area (Å²) in [6.07, 6.45) is 0. The predicted molar refractivity (Wildman–Crippen MR) is 91.9 cm³/mol. The van der Waals surface area contributed by atoms with Crippen molar-refractivity contribution in [1.29, 1.82) is 0 Å². The van der Waals surface area contributed by atoms with Crippen molar-refractivity contribution in [2.45, 2.75) is 0 Å². The van der Waals surface area contributed by atoms with Gasteiger partial charge < -0.3 is 34.7 Å². The molecule has 4 N–H and O–H groups in total. The minimum atomic E-state index is -1.13. The van der Waals surface area contributed by atoms with E-state index in [1.807, 2.05) is 0 Å². The van der Waals surface area contributed by atoms with Crippen molar-refractivity contribution in [3.05, 3.63) is 0 Å². The van der Waals surface area contributed by atoms with E-state index in [1.165, 1.54) is 0 Å². The van der Waals surface area contributed by atoms with Crippen LogP contribution < -0.4 is 16.1 Å². The molecule has 0 aromatic rings. The monoisotopic (exact) mass is 395 g/mol. The van der Waals surface area contributed by atoms with Crippen LogP contribution in [0.15, 0.2) is 0 Å². The average Bonchev–Trinajstić information content (AvgIpc) is 2.63. The third kappa shape index (κ3) is 20.3. The summed E-state index contributed by atoms with van der Waals surface area (Å²) in [6, 6.07) is 0. The summed E-state index contributed by atoms with van der Waals surface area (Å²) in [5.74, 6) is -1.76. The molecular formula is C15H29N3O9. The second kappa shape index (κ2) is 18.9. The molecule has 0 fully saturated rings. The Kier molecular flexibility index (Phi) is 17.7. The van der Waals surface area contributed by atoms with Gasteiger partial charge in [0.15, 0.2) is 0 Å². The van der Waals surface area contributed by atoms with E-state index in [0.29, 0.717) is 52.7 Å². The number of ether oxygens (including phenoxy) is 4. The van der Waals surface area contributed by atoms with Crippen molar-refractivity contribution in [3.8, 4) is 0 Å². The van der Waals surface area contributed by atoms with Crippen LogP contribution in [0.3, 0.4) is 0 Å². The van der Waals surface area contributed by atoms with Gasteiger partial charge in [0.25, 0.3) is 0 Å². The molecule has 158 valence electrons. The van der Waals surface area contributed by atoms with Crippen molar-refractivity contribution in [3.63, 3.8) is 0 Å². The van der Waals surface area contributed by atoms with Crippen molar-refractivity contribution in [1.82, 2.24) is 16.1 Å². The van der Waals surface area contributed by atoms with E-state index in [9.17, 15) is 14.4 Å². The molecule has 0 radical (unpaired) electrons. The van der Waals surface area contributed by atoms with Gasteiger partial charge in [0.05, 0.1) is 39.6 Å². The minimum Gasteiger partial charge on any atom is -0.480 e. The molecule has 2 amide bonds. The lowest BCUT2D eigenvalue weighted by atomic mass is 10.6. The highest BCUT2D eigenvalue weighted by Crippen LogP contribution is 1.82. The molecule has 0 bridgehead atoms. The molecular weight excluding hydrogens is 366 g/mol. The van der Waals surface area contributed by atoms with Crippen LogP contribution in [0.5, 0.6) is 0 Å². The highest BCUT2D eigenvalue weighted by atomic mass is 16.6. The lowest BCUT2D eigenvalue weighted by molar-refractivity contribution is -0.143. The van der Waals surface area contributed by atoms with Crippen molar-refractivity contribution in [2.24, 2.45) is 0 Å². The van der Waals surface area contributed by atoms with Crippen LogP contribution in [0.1, 0.15) is 0 Å². The lowest BCUT2D eigenvalue weighted by Crippen LogP contribution is -2.32. The highest BCUT2D eigenvalue weighted by Gasteiger charge is 2.03. The molecule has 0 aliphatic carbocycles. The van der Waals surface area contributed by atoms with Crippen molar-refractivity contribution in [2.75, 3.05) is 79.6 Å². The number of nitrogens with one attached hydrogen (secondary N) is 3. The summed E-state index contributed by atoms with van der Waals surface area (Å²) in [5.41, 5.74) is 2.40. The number of carbonyl (C=O) groups excluding carboxylic acids is 2. The quantitative estimate of drug-likeness (QED) is 0.137. The molecule has 0 heterocycles. The summed E-state index contributed by atoms with van der Waals surface area (Å²) in [5, 5.41) is 13.5. The van der Waals surface area contributed by atoms with Gasteiger partial charge in [0.2, 0.25) is 11.8 Å². The van der Waals surface area contributed by atoms with Gasteiger partial charge in [-0.1, -0.05) is 0 Å². The standard InChI is InChI=1S/C15H29N3O9/c1-16-27-11-14(20)18-3-5-24-7-9-25-8-6-23-4-2-17-13(19)10-26-12-15(21)22/h16H,2-12H2,1H3,(H,17,19)(H,18,20)(H,21,22). The van der Waals surface area contributed by atoms with Gasteiger partial charge in [-0.25, -0.2) is 10.3 Å². The SMILES string of the molecule is CNOCC(=O)NCCOCCOCCOCCNC(=O)COCC(=O)O. The number of carbonyl (C=O) groups is 3. The Morgan fingerprint density at radius 3 is 1.67 bits per heavy atom. The summed E-state index contributed by atoms with van der Waals surface area (Å²) >= 11 is 0. The van der Waals surface area contributed by atoms with Gasteiger partial charge in [0.1, 0.15) is 19.8 Å². The van der Waals surface area contributed by atoms with Crippen molar-refractivity contribution < 1.29 is 43.3 Å². The lowest BCUT2D eigenvalue weighted by Gasteiger charge is -2.08. The van der Waals surface area contributed by atoms with Crippen LogP contribution in [0, 0.1) is 0 Å². The fourth-order valence-corrected chi connectivity index (χ4v) is 1.54. The number of amides is 2. The summed E-state index contributed by atoms with van der Waals surface area (Å²) in [7, 11) is 1.57. The Hall–Kier alpha value is -1.83. The van der Waals surface area contributed by atoms with Crippen LogP contribution in [-0.2, 0) is 38.2 Å². The van der Waals surface area contributed by atoms with Crippen LogP contribution in [0.25, 0.3) is 0 Å². The smallest absolute Gasteiger partial charge is 0.329 e. The van der Waals surface area contributed by atoms with Crippen LogP contribution in [0.2, 0.25) is 0 Å². The minimum absolute atomic E-state index is 0.0538. The first-order valence-corrected chi connectivity index (χ1v) is 8.41. The van der Waals surface area contributed by atoms with E-state index in [2.05, 4.69) is 20.9 Å². The van der Waals surface area contributed by atoms with Gasteiger partial charge in [-0.15, -0.1) is 0 Å². The van der Waals surface area contributed by atoms with E-state index in [0.717, 1.165) is 0 Å². The Bertz CT molecular complexity index is 410. The molecule has 0 rings (SSSR count). The highest BCUT2D eigenvalue weighted by molar-refractivity contribution is 5.77. The maximum atomic E-state index is 11.2. The molecule has 0 aliphatic heterocycles. The van der Waals surface area contributed by atoms with Crippen molar-refractivity contribution >= 4 is 17.8 Å². The van der Waals surface area contributed by atoms with Gasteiger partial charge in [0, 0.05) is 20.1 Å². The molecule has 12 heteroatoms. The molecule has 0 aliphatic rings. The van der Waals surface area contributed by atoms with E-state index in [4.69, 9.17) is 24.2 Å². The fraction of sp³-hybridized carbons (Fsp3) is 0.800. The van der Waals surface area contributed by atoms with Gasteiger partial charge in [-0.3, -0.25) is 14.4 Å². The first-order chi connectivity index (χ1) is 13.1. The number of aliphatic carboxylic acids is 1. The second-order valence-corrected chi connectivity index (χ2v) is 4.92. The molecule has 0 aromatic heterocycles. The Morgan fingerprint density at radius 2 is 1.19 bits per heavy atom. The normalized spacial score (nSPS) is 10.6. The number of hydrogen-bond donors (Lipinski definition) is 4. The van der Waals surface area contributed by atoms with Crippen LogP contribution in [-0.4, -0.2) is 102 Å². The maximum Gasteiger partial charge on any atom is 0.329 e. The Balaban J connectivity index is 3.19. The Morgan fingerprint density at radius 1 is 0.704 bits per heavy atom. The average molecular weight is 395 g/mol. The molecule has 0 atom stereocenters. The van der Waals surface area contributed by atoms with Gasteiger partial charge in [-0.05, 0) is 0 Å². The van der Waals surface area contributed by atoms with Gasteiger partial charge in [-0.2, -0.15) is 0 Å². The number of carboxylic acids is 1. The van der Waals surface area contributed by atoms with Crippen LogP contribution in [0.4, 0.5) is 0 Å². The second-order valence-electron chi connectivity index (χ2n) is 4.92. The molecule has 0 saturated carbocycles. The van der Waals surface area contributed by atoms with E-state index in [-0.39, 0.29) is 19.1 Å². The third-order valence-corrected chi connectivity index (χ3v) is 2.69. The van der Waals surface area contributed by atoms with Gasteiger partial charge >= 0.3 is 5.97 Å². The molecule has 27 heavy (non-hydrogen) atoms. The zero-order chi connectivity index (χ0) is 20.2. The largest absolute Gasteiger partial charge is 0.480 e.